The Hall–Kier alpha value is -3.02. The summed E-state index contributed by atoms with van der Waals surface area (Å²) in [6, 6.07) is 14.4. The van der Waals surface area contributed by atoms with Crippen LogP contribution >= 0.6 is 0 Å². The van der Waals surface area contributed by atoms with Gasteiger partial charge < -0.3 is 20.7 Å². The summed E-state index contributed by atoms with van der Waals surface area (Å²) in [4.78, 5) is 24.4. The van der Waals surface area contributed by atoms with E-state index in [1.165, 1.54) is 0 Å². The Morgan fingerprint density at radius 3 is 2.31 bits per heavy atom. The van der Waals surface area contributed by atoms with Crippen molar-refractivity contribution < 1.29 is 14.3 Å². The van der Waals surface area contributed by atoms with Gasteiger partial charge in [-0.3, -0.25) is 9.59 Å². The van der Waals surface area contributed by atoms with Crippen molar-refractivity contribution in [2.45, 2.75) is 40.2 Å². The fourth-order valence-electron chi connectivity index (χ4n) is 2.46. The van der Waals surface area contributed by atoms with E-state index in [-0.39, 0.29) is 23.9 Å². The van der Waals surface area contributed by atoms with Gasteiger partial charge in [0.2, 0.25) is 5.91 Å². The minimum absolute atomic E-state index is 0.125. The number of nitrogens with one attached hydrogen (secondary N) is 3. The van der Waals surface area contributed by atoms with Gasteiger partial charge in [0.15, 0.2) is 0 Å². The molecule has 0 aliphatic rings. The van der Waals surface area contributed by atoms with E-state index >= 15 is 0 Å². The standard InChI is InChI=1S/C23H31N3O3/c1-16(2)15-29-20-8-6-7-19(13-20)24-14-21(27)25-18-11-9-17(10-12-18)22(28)26-23(3,4)5/h6-13,16,24H,14-15H2,1-5H3,(H,25,27)(H,26,28). The second kappa shape index (κ2) is 9.96. The minimum atomic E-state index is -0.299. The topological polar surface area (TPSA) is 79.5 Å². The molecule has 0 atom stereocenters. The third-order valence-corrected chi connectivity index (χ3v) is 3.79. The SMILES string of the molecule is CC(C)COc1cccc(NCC(=O)Nc2ccc(C(=O)NC(C)(C)C)cc2)c1. The number of hydrogen-bond donors (Lipinski definition) is 3. The number of rotatable bonds is 8. The molecule has 0 fully saturated rings. The second-order valence-corrected chi connectivity index (χ2v) is 8.42. The number of ether oxygens (including phenoxy) is 1. The molecule has 0 aliphatic carbocycles. The molecule has 29 heavy (non-hydrogen) atoms. The Bertz CT molecular complexity index is 824. The third kappa shape index (κ3) is 8.25. The van der Waals surface area contributed by atoms with Crippen LogP contribution < -0.4 is 20.7 Å². The van der Waals surface area contributed by atoms with E-state index in [1.54, 1.807) is 24.3 Å². The van der Waals surface area contributed by atoms with E-state index in [0.717, 1.165) is 11.4 Å². The Kier molecular flexibility index (Phi) is 7.65. The van der Waals surface area contributed by atoms with Gasteiger partial charge in [0.25, 0.3) is 5.91 Å². The number of hydrogen-bond acceptors (Lipinski definition) is 4. The lowest BCUT2D eigenvalue weighted by molar-refractivity contribution is -0.114. The largest absolute Gasteiger partial charge is 0.493 e. The average Bonchev–Trinajstić information content (AvgIpc) is 2.64. The molecule has 6 heteroatoms. The number of amides is 2. The zero-order valence-corrected chi connectivity index (χ0v) is 17.8. The molecule has 2 rings (SSSR count). The van der Waals surface area contributed by atoms with Gasteiger partial charge in [0.1, 0.15) is 5.75 Å². The Labute approximate surface area is 173 Å². The highest BCUT2D eigenvalue weighted by Gasteiger charge is 2.15. The van der Waals surface area contributed by atoms with Gasteiger partial charge in [-0.2, -0.15) is 0 Å². The maximum atomic E-state index is 12.2. The Morgan fingerprint density at radius 2 is 1.69 bits per heavy atom. The van der Waals surface area contributed by atoms with Crippen molar-refractivity contribution in [2.24, 2.45) is 5.92 Å². The van der Waals surface area contributed by atoms with Crippen LogP contribution in [0, 0.1) is 5.92 Å². The van der Waals surface area contributed by atoms with Gasteiger partial charge in [-0.25, -0.2) is 0 Å². The van der Waals surface area contributed by atoms with Crippen molar-refractivity contribution >= 4 is 23.2 Å². The molecule has 2 amide bonds. The summed E-state index contributed by atoms with van der Waals surface area (Å²) in [6.45, 7) is 10.7. The van der Waals surface area contributed by atoms with E-state index in [1.807, 2.05) is 45.0 Å². The highest BCUT2D eigenvalue weighted by Crippen LogP contribution is 2.18. The van der Waals surface area contributed by atoms with Crippen molar-refractivity contribution in [1.29, 1.82) is 0 Å². The first-order chi connectivity index (χ1) is 13.6. The van der Waals surface area contributed by atoms with Crippen LogP contribution in [0.25, 0.3) is 0 Å². The molecular formula is C23H31N3O3. The van der Waals surface area contributed by atoms with E-state index in [0.29, 0.717) is 23.8 Å². The van der Waals surface area contributed by atoms with Crippen LogP contribution in [0.1, 0.15) is 45.0 Å². The normalized spacial score (nSPS) is 11.1. The average molecular weight is 398 g/mol. The highest BCUT2D eigenvalue weighted by molar-refractivity contribution is 5.97. The van der Waals surface area contributed by atoms with E-state index in [4.69, 9.17) is 4.74 Å². The van der Waals surface area contributed by atoms with Crippen LogP contribution in [0.4, 0.5) is 11.4 Å². The van der Waals surface area contributed by atoms with Gasteiger partial charge in [-0.1, -0.05) is 19.9 Å². The summed E-state index contributed by atoms with van der Waals surface area (Å²) in [5.74, 6) is 0.901. The molecule has 0 spiro atoms. The van der Waals surface area contributed by atoms with Gasteiger partial charge in [0.05, 0.1) is 13.2 Å². The van der Waals surface area contributed by atoms with Crippen LogP contribution in [0.2, 0.25) is 0 Å². The zero-order chi connectivity index (χ0) is 21.4. The predicted octanol–water partition coefficient (Wildman–Crippen LogP) is 4.30. The fourth-order valence-corrected chi connectivity index (χ4v) is 2.46. The molecule has 0 saturated heterocycles. The van der Waals surface area contributed by atoms with Gasteiger partial charge in [-0.15, -0.1) is 0 Å². The van der Waals surface area contributed by atoms with Crippen molar-refractivity contribution in [3.8, 4) is 5.75 Å². The molecule has 0 aromatic heterocycles. The van der Waals surface area contributed by atoms with E-state index < -0.39 is 0 Å². The van der Waals surface area contributed by atoms with Crippen LogP contribution in [-0.4, -0.2) is 30.5 Å². The molecule has 0 bridgehead atoms. The molecule has 3 N–H and O–H groups in total. The van der Waals surface area contributed by atoms with Gasteiger partial charge >= 0.3 is 0 Å². The first-order valence-corrected chi connectivity index (χ1v) is 9.81. The molecule has 156 valence electrons. The van der Waals surface area contributed by atoms with Crippen molar-refractivity contribution in [3.63, 3.8) is 0 Å². The Balaban J connectivity index is 1.85. The highest BCUT2D eigenvalue weighted by atomic mass is 16.5. The van der Waals surface area contributed by atoms with Crippen LogP contribution in [-0.2, 0) is 4.79 Å². The molecule has 0 aliphatic heterocycles. The summed E-state index contributed by atoms with van der Waals surface area (Å²) in [6.07, 6.45) is 0. The van der Waals surface area contributed by atoms with Crippen LogP contribution in [0.15, 0.2) is 48.5 Å². The quantitative estimate of drug-likeness (QED) is 0.620. The van der Waals surface area contributed by atoms with E-state index in [2.05, 4.69) is 29.8 Å². The maximum absolute atomic E-state index is 12.2. The predicted molar refractivity (Wildman–Crippen MR) is 118 cm³/mol. The minimum Gasteiger partial charge on any atom is -0.493 e. The summed E-state index contributed by atoms with van der Waals surface area (Å²) < 4.78 is 5.70. The Morgan fingerprint density at radius 1 is 1.00 bits per heavy atom. The number of carbonyl (C=O) groups excluding carboxylic acids is 2. The zero-order valence-electron chi connectivity index (χ0n) is 17.8. The number of benzene rings is 2. The lowest BCUT2D eigenvalue weighted by Crippen LogP contribution is -2.40. The van der Waals surface area contributed by atoms with E-state index in [9.17, 15) is 9.59 Å². The first-order valence-electron chi connectivity index (χ1n) is 9.81. The molecule has 2 aromatic carbocycles. The molecule has 2 aromatic rings. The summed E-state index contributed by atoms with van der Waals surface area (Å²) in [5, 5.41) is 8.82. The number of carbonyl (C=O) groups is 2. The molecule has 6 nitrogen and oxygen atoms in total. The molecule has 0 saturated carbocycles. The maximum Gasteiger partial charge on any atom is 0.251 e. The lowest BCUT2D eigenvalue weighted by atomic mass is 10.1. The third-order valence-electron chi connectivity index (χ3n) is 3.79. The van der Waals surface area contributed by atoms with Crippen molar-refractivity contribution in [2.75, 3.05) is 23.8 Å². The number of anilines is 2. The summed E-state index contributed by atoms with van der Waals surface area (Å²) >= 11 is 0. The van der Waals surface area contributed by atoms with Crippen molar-refractivity contribution in [3.05, 3.63) is 54.1 Å². The van der Waals surface area contributed by atoms with Crippen LogP contribution in [0.3, 0.4) is 0 Å². The van der Waals surface area contributed by atoms with Gasteiger partial charge in [-0.05, 0) is 63.1 Å². The summed E-state index contributed by atoms with van der Waals surface area (Å²) in [5.41, 5.74) is 1.70. The second-order valence-electron chi connectivity index (χ2n) is 8.42. The first kappa shape index (κ1) is 22.3. The smallest absolute Gasteiger partial charge is 0.251 e. The molecule has 0 unspecified atom stereocenters. The van der Waals surface area contributed by atoms with Crippen molar-refractivity contribution in [1.82, 2.24) is 5.32 Å². The molecular weight excluding hydrogens is 366 g/mol. The van der Waals surface area contributed by atoms with Gasteiger partial charge in [0, 0.05) is 28.5 Å². The van der Waals surface area contributed by atoms with Crippen LogP contribution in [0.5, 0.6) is 5.75 Å². The monoisotopic (exact) mass is 397 g/mol. The lowest BCUT2D eigenvalue weighted by Gasteiger charge is -2.20. The summed E-state index contributed by atoms with van der Waals surface area (Å²) in [7, 11) is 0. The fraction of sp³-hybridized carbons (Fsp3) is 0.391. The molecule has 0 heterocycles. The molecule has 0 radical (unpaired) electrons.